The number of carbonyl (C=O) groups is 1. The number of anilines is 1. The Kier molecular flexibility index (Phi) is 7.41. The molecule has 1 fully saturated rings. The highest BCUT2D eigenvalue weighted by Gasteiger charge is 2.17. The monoisotopic (exact) mass is 434 g/mol. The van der Waals surface area contributed by atoms with Gasteiger partial charge in [-0.25, -0.2) is 12.8 Å². The summed E-state index contributed by atoms with van der Waals surface area (Å²) in [5.74, 6) is -0.767. The first kappa shape index (κ1) is 22.2. The maximum absolute atomic E-state index is 13.0. The minimum Gasteiger partial charge on any atom is -0.352 e. The molecular formula is C21H27FN4O3S. The Labute approximate surface area is 176 Å². The SMILES string of the molecule is CN1CCN(CCCNC(=O)c2cccc(S(=O)(=O)Nc3ccc(F)cc3)c2)CC1. The Balaban J connectivity index is 1.53. The number of piperazine rings is 1. The summed E-state index contributed by atoms with van der Waals surface area (Å²) in [7, 11) is -1.78. The smallest absolute Gasteiger partial charge is 0.261 e. The van der Waals surface area contributed by atoms with Crippen molar-refractivity contribution in [2.75, 3.05) is 51.0 Å². The Morgan fingerprint density at radius 3 is 2.47 bits per heavy atom. The van der Waals surface area contributed by atoms with Gasteiger partial charge >= 0.3 is 0 Å². The fraction of sp³-hybridized carbons (Fsp3) is 0.381. The van der Waals surface area contributed by atoms with Crippen molar-refractivity contribution >= 4 is 21.6 Å². The topological polar surface area (TPSA) is 81.8 Å². The van der Waals surface area contributed by atoms with Crippen LogP contribution in [0, 0.1) is 5.82 Å². The standard InChI is InChI=1S/C21H27FN4O3S/c1-25-12-14-26(15-13-25)11-3-10-23-21(27)17-4-2-5-20(16-17)30(28,29)24-19-8-6-18(22)7-9-19/h2,4-9,16,24H,3,10-15H2,1H3,(H,23,27). The zero-order chi connectivity index (χ0) is 21.6. The van der Waals surface area contributed by atoms with E-state index in [2.05, 4.69) is 26.9 Å². The summed E-state index contributed by atoms with van der Waals surface area (Å²) in [5, 5.41) is 2.85. The molecule has 2 aromatic carbocycles. The molecule has 0 radical (unpaired) electrons. The first-order chi connectivity index (χ1) is 14.3. The number of likely N-dealkylation sites (N-methyl/N-ethyl adjacent to an activating group) is 1. The molecule has 0 atom stereocenters. The van der Waals surface area contributed by atoms with Crippen molar-refractivity contribution in [1.82, 2.24) is 15.1 Å². The minimum absolute atomic E-state index is 0.0306. The molecule has 2 N–H and O–H groups in total. The average molecular weight is 435 g/mol. The average Bonchev–Trinajstić information content (AvgIpc) is 2.74. The number of hydrogen-bond acceptors (Lipinski definition) is 5. The number of hydrogen-bond donors (Lipinski definition) is 2. The molecule has 9 heteroatoms. The zero-order valence-corrected chi connectivity index (χ0v) is 17.8. The third-order valence-corrected chi connectivity index (χ3v) is 6.41. The Bertz CT molecular complexity index is 958. The van der Waals surface area contributed by atoms with Gasteiger partial charge < -0.3 is 15.1 Å². The third kappa shape index (κ3) is 6.25. The van der Waals surface area contributed by atoms with E-state index >= 15 is 0 Å². The molecule has 0 unspecified atom stereocenters. The number of halogens is 1. The van der Waals surface area contributed by atoms with Crippen LogP contribution in [-0.2, 0) is 10.0 Å². The summed E-state index contributed by atoms with van der Waals surface area (Å²) >= 11 is 0. The second kappa shape index (κ2) is 10.0. The fourth-order valence-electron chi connectivity index (χ4n) is 3.21. The van der Waals surface area contributed by atoms with E-state index in [0.29, 0.717) is 6.54 Å². The molecule has 1 amide bonds. The predicted molar refractivity (Wildman–Crippen MR) is 115 cm³/mol. The molecule has 0 spiro atoms. The Morgan fingerprint density at radius 2 is 1.77 bits per heavy atom. The molecule has 0 saturated carbocycles. The van der Waals surface area contributed by atoms with Gasteiger partial charge in [0.2, 0.25) is 0 Å². The molecular weight excluding hydrogens is 407 g/mol. The maximum Gasteiger partial charge on any atom is 0.261 e. The zero-order valence-electron chi connectivity index (χ0n) is 17.0. The number of amides is 1. The highest BCUT2D eigenvalue weighted by atomic mass is 32.2. The number of sulfonamides is 1. The lowest BCUT2D eigenvalue weighted by atomic mass is 10.2. The van der Waals surface area contributed by atoms with Crippen molar-refractivity contribution in [3.63, 3.8) is 0 Å². The lowest BCUT2D eigenvalue weighted by Crippen LogP contribution is -2.45. The molecule has 3 rings (SSSR count). The number of carbonyl (C=O) groups excluding carboxylic acids is 1. The molecule has 1 aliphatic rings. The van der Waals surface area contributed by atoms with E-state index in [4.69, 9.17) is 0 Å². The molecule has 1 saturated heterocycles. The van der Waals surface area contributed by atoms with Crippen molar-refractivity contribution in [1.29, 1.82) is 0 Å². The highest BCUT2D eigenvalue weighted by Crippen LogP contribution is 2.17. The second-order valence-corrected chi connectivity index (χ2v) is 9.08. The third-order valence-electron chi connectivity index (χ3n) is 5.04. The largest absolute Gasteiger partial charge is 0.352 e. The van der Waals surface area contributed by atoms with Crippen molar-refractivity contribution in [2.24, 2.45) is 0 Å². The van der Waals surface area contributed by atoms with Crippen LogP contribution in [0.4, 0.5) is 10.1 Å². The highest BCUT2D eigenvalue weighted by molar-refractivity contribution is 7.92. The summed E-state index contributed by atoms with van der Waals surface area (Å²) < 4.78 is 40.5. The van der Waals surface area contributed by atoms with Gasteiger partial charge in [0.25, 0.3) is 15.9 Å². The van der Waals surface area contributed by atoms with Crippen LogP contribution in [0.15, 0.2) is 53.4 Å². The molecule has 162 valence electrons. The van der Waals surface area contributed by atoms with Crippen molar-refractivity contribution < 1.29 is 17.6 Å². The fourth-order valence-corrected chi connectivity index (χ4v) is 4.32. The summed E-state index contributed by atoms with van der Waals surface area (Å²) in [6, 6.07) is 10.9. The molecule has 0 aromatic heterocycles. The van der Waals surface area contributed by atoms with E-state index in [1.54, 1.807) is 6.07 Å². The quantitative estimate of drug-likeness (QED) is 0.621. The number of rotatable bonds is 8. The van der Waals surface area contributed by atoms with Crippen molar-refractivity contribution in [3.05, 3.63) is 59.9 Å². The second-order valence-electron chi connectivity index (χ2n) is 7.39. The molecule has 0 aliphatic carbocycles. The van der Waals surface area contributed by atoms with Crippen LogP contribution < -0.4 is 10.0 Å². The van der Waals surface area contributed by atoms with E-state index in [1.807, 2.05) is 0 Å². The molecule has 1 aliphatic heterocycles. The number of nitrogens with zero attached hydrogens (tertiary/aromatic N) is 2. The van der Waals surface area contributed by atoms with E-state index in [0.717, 1.165) is 39.1 Å². The van der Waals surface area contributed by atoms with Gasteiger partial charge in [-0.15, -0.1) is 0 Å². The van der Waals surface area contributed by atoms with Crippen LogP contribution in [0.5, 0.6) is 0 Å². The minimum atomic E-state index is -3.89. The Hall–Kier alpha value is -2.49. The van der Waals surface area contributed by atoms with Crippen LogP contribution in [0.2, 0.25) is 0 Å². The van der Waals surface area contributed by atoms with Gasteiger partial charge in [-0.05, 0) is 62.5 Å². The van der Waals surface area contributed by atoms with Gasteiger partial charge in [0.15, 0.2) is 0 Å². The molecule has 7 nitrogen and oxygen atoms in total. The number of nitrogens with one attached hydrogen (secondary N) is 2. The normalized spacial score (nSPS) is 15.7. The van der Waals surface area contributed by atoms with E-state index in [9.17, 15) is 17.6 Å². The first-order valence-corrected chi connectivity index (χ1v) is 11.4. The lowest BCUT2D eigenvalue weighted by molar-refractivity contribution is 0.0949. The van der Waals surface area contributed by atoms with Gasteiger partial charge in [0.1, 0.15) is 5.82 Å². The van der Waals surface area contributed by atoms with Crippen LogP contribution >= 0.6 is 0 Å². The van der Waals surface area contributed by atoms with Crippen LogP contribution in [0.3, 0.4) is 0 Å². The van der Waals surface area contributed by atoms with Gasteiger partial charge in [-0.3, -0.25) is 9.52 Å². The first-order valence-electron chi connectivity index (χ1n) is 9.91. The molecule has 0 bridgehead atoms. The molecule has 1 heterocycles. The molecule has 2 aromatic rings. The van der Waals surface area contributed by atoms with Gasteiger partial charge in [-0.1, -0.05) is 6.07 Å². The predicted octanol–water partition coefficient (Wildman–Crippen LogP) is 1.99. The number of benzene rings is 2. The van der Waals surface area contributed by atoms with Crippen LogP contribution in [-0.4, -0.2) is 70.4 Å². The van der Waals surface area contributed by atoms with Gasteiger partial charge in [0, 0.05) is 44.0 Å². The maximum atomic E-state index is 13.0. The van der Waals surface area contributed by atoms with E-state index in [-0.39, 0.29) is 22.1 Å². The van der Waals surface area contributed by atoms with Crippen LogP contribution in [0.25, 0.3) is 0 Å². The summed E-state index contributed by atoms with van der Waals surface area (Å²) in [6.45, 7) is 5.62. The van der Waals surface area contributed by atoms with Gasteiger partial charge in [-0.2, -0.15) is 0 Å². The molecule has 30 heavy (non-hydrogen) atoms. The summed E-state index contributed by atoms with van der Waals surface area (Å²) in [6.07, 6.45) is 0.833. The summed E-state index contributed by atoms with van der Waals surface area (Å²) in [4.78, 5) is 17.1. The van der Waals surface area contributed by atoms with Gasteiger partial charge in [0.05, 0.1) is 4.90 Å². The van der Waals surface area contributed by atoms with Crippen LogP contribution in [0.1, 0.15) is 16.8 Å². The van der Waals surface area contributed by atoms with E-state index < -0.39 is 15.8 Å². The van der Waals surface area contributed by atoms with E-state index in [1.165, 1.54) is 42.5 Å². The lowest BCUT2D eigenvalue weighted by Gasteiger charge is -2.32. The summed E-state index contributed by atoms with van der Waals surface area (Å²) in [5.41, 5.74) is 0.520. The van der Waals surface area contributed by atoms with Crippen molar-refractivity contribution in [3.8, 4) is 0 Å². The Morgan fingerprint density at radius 1 is 1.07 bits per heavy atom. The van der Waals surface area contributed by atoms with Crippen molar-refractivity contribution in [2.45, 2.75) is 11.3 Å².